The van der Waals surface area contributed by atoms with Gasteiger partial charge < -0.3 is 11.1 Å². The van der Waals surface area contributed by atoms with Crippen LogP contribution in [-0.2, 0) is 0 Å². The van der Waals surface area contributed by atoms with Crippen LogP contribution in [0.15, 0.2) is 17.7 Å². The van der Waals surface area contributed by atoms with E-state index in [-0.39, 0.29) is 5.95 Å². The largest absolute Gasteiger partial charge is 0.370 e. The molecule has 0 aliphatic carbocycles. The summed E-state index contributed by atoms with van der Waals surface area (Å²) in [4.78, 5) is 7.77. The number of nitrogens with one attached hydrogen (secondary N) is 1. The number of halogens is 1. The van der Waals surface area contributed by atoms with Gasteiger partial charge in [-0.15, -0.1) is 0 Å². The number of nitrogens with zero attached hydrogens (tertiary/aromatic N) is 2. The van der Waals surface area contributed by atoms with Crippen molar-refractivity contribution in [2.45, 2.75) is 20.3 Å². The Kier molecular flexibility index (Phi) is 4.37. The molecule has 0 amide bonds. The molecule has 1 aromatic heterocycles. The highest BCUT2D eigenvalue weighted by Crippen LogP contribution is 2.12. The molecule has 0 aliphatic rings. The van der Waals surface area contributed by atoms with Crippen LogP contribution in [0, 0.1) is 0 Å². The Hall–Kier alpha value is -1.29. The van der Waals surface area contributed by atoms with Crippen molar-refractivity contribution >= 4 is 23.4 Å². The van der Waals surface area contributed by atoms with Crippen molar-refractivity contribution < 1.29 is 0 Å². The Morgan fingerprint density at radius 3 is 2.87 bits per heavy atom. The third kappa shape index (κ3) is 4.65. The van der Waals surface area contributed by atoms with Gasteiger partial charge in [0.05, 0.1) is 0 Å². The summed E-state index contributed by atoms with van der Waals surface area (Å²) in [5.41, 5.74) is 6.76. The van der Waals surface area contributed by atoms with E-state index in [1.807, 2.05) is 0 Å². The van der Waals surface area contributed by atoms with Gasteiger partial charge in [-0.05, 0) is 20.3 Å². The Labute approximate surface area is 94.6 Å². The molecule has 0 saturated heterocycles. The standard InChI is InChI=1S/C10H15ClN4/c1-7(2)4-3-5-13-9-6-8(11)14-10(12)15-9/h4,6H,3,5H2,1-2H3,(H3,12,13,14,15). The van der Waals surface area contributed by atoms with Gasteiger partial charge in [0, 0.05) is 12.6 Å². The van der Waals surface area contributed by atoms with Crippen LogP contribution in [-0.4, -0.2) is 16.5 Å². The Balaban J connectivity index is 2.47. The zero-order valence-electron chi connectivity index (χ0n) is 8.92. The van der Waals surface area contributed by atoms with E-state index in [0.717, 1.165) is 13.0 Å². The van der Waals surface area contributed by atoms with Crippen LogP contribution in [0.3, 0.4) is 0 Å². The lowest BCUT2D eigenvalue weighted by Crippen LogP contribution is -2.05. The lowest BCUT2D eigenvalue weighted by molar-refractivity contribution is 1.03. The van der Waals surface area contributed by atoms with Crippen LogP contribution in [0.5, 0.6) is 0 Å². The van der Waals surface area contributed by atoms with Crippen LogP contribution in [0.1, 0.15) is 20.3 Å². The minimum absolute atomic E-state index is 0.187. The molecule has 0 atom stereocenters. The Morgan fingerprint density at radius 2 is 2.27 bits per heavy atom. The second-order valence-electron chi connectivity index (χ2n) is 3.43. The van der Waals surface area contributed by atoms with Crippen molar-refractivity contribution in [1.29, 1.82) is 0 Å². The summed E-state index contributed by atoms with van der Waals surface area (Å²) in [7, 11) is 0. The number of allylic oxidation sites excluding steroid dienone is 1. The number of anilines is 2. The molecular formula is C10H15ClN4. The highest BCUT2D eigenvalue weighted by molar-refractivity contribution is 6.29. The van der Waals surface area contributed by atoms with Crippen LogP contribution in [0.4, 0.5) is 11.8 Å². The first-order valence-electron chi connectivity index (χ1n) is 4.75. The van der Waals surface area contributed by atoms with E-state index < -0.39 is 0 Å². The SMILES string of the molecule is CC(C)=CCCNc1cc(Cl)nc(N)n1. The van der Waals surface area contributed by atoms with Gasteiger partial charge in [-0.25, -0.2) is 4.98 Å². The Morgan fingerprint density at radius 1 is 1.53 bits per heavy atom. The van der Waals surface area contributed by atoms with Crippen LogP contribution >= 0.6 is 11.6 Å². The van der Waals surface area contributed by atoms with Gasteiger partial charge in [-0.2, -0.15) is 4.98 Å². The van der Waals surface area contributed by atoms with Crippen LogP contribution < -0.4 is 11.1 Å². The lowest BCUT2D eigenvalue weighted by Gasteiger charge is -2.04. The highest BCUT2D eigenvalue weighted by Gasteiger charge is 1.98. The quantitative estimate of drug-likeness (QED) is 0.470. The smallest absolute Gasteiger partial charge is 0.223 e. The van der Waals surface area contributed by atoms with Crippen molar-refractivity contribution in [3.8, 4) is 0 Å². The summed E-state index contributed by atoms with van der Waals surface area (Å²) in [6.45, 7) is 4.94. The lowest BCUT2D eigenvalue weighted by atomic mass is 10.3. The van der Waals surface area contributed by atoms with E-state index >= 15 is 0 Å². The molecule has 0 bridgehead atoms. The molecule has 82 valence electrons. The maximum absolute atomic E-state index is 5.73. The fourth-order valence-electron chi connectivity index (χ4n) is 1.09. The van der Waals surface area contributed by atoms with Crippen molar-refractivity contribution in [3.05, 3.63) is 22.9 Å². The predicted octanol–water partition coefficient (Wildman–Crippen LogP) is 2.48. The zero-order chi connectivity index (χ0) is 11.3. The van der Waals surface area contributed by atoms with Crippen molar-refractivity contribution in [2.24, 2.45) is 0 Å². The molecule has 0 fully saturated rings. The van der Waals surface area contributed by atoms with Gasteiger partial charge in [0.2, 0.25) is 5.95 Å². The minimum atomic E-state index is 0.187. The number of hydrogen-bond acceptors (Lipinski definition) is 4. The summed E-state index contributed by atoms with van der Waals surface area (Å²) < 4.78 is 0. The Bertz CT molecular complexity index is 338. The molecular weight excluding hydrogens is 212 g/mol. The molecule has 0 aliphatic heterocycles. The monoisotopic (exact) mass is 226 g/mol. The maximum atomic E-state index is 5.73. The van der Waals surface area contributed by atoms with E-state index in [1.54, 1.807) is 6.07 Å². The summed E-state index contributed by atoms with van der Waals surface area (Å²) >= 11 is 5.73. The van der Waals surface area contributed by atoms with Crippen LogP contribution in [0.2, 0.25) is 5.15 Å². The maximum Gasteiger partial charge on any atom is 0.223 e. The van der Waals surface area contributed by atoms with E-state index in [0.29, 0.717) is 11.0 Å². The predicted molar refractivity (Wildman–Crippen MR) is 64.0 cm³/mol. The summed E-state index contributed by atoms with van der Waals surface area (Å²) in [6.07, 6.45) is 3.10. The summed E-state index contributed by atoms with van der Waals surface area (Å²) in [5, 5.41) is 3.48. The molecule has 15 heavy (non-hydrogen) atoms. The molecule has 0 spiro atoms. The van der Waals surface area contributed by atoms with E-state index in [4.69, 9.17) is 17.3 Å². The summed E-state index contributed by atoms with van der Waals surface area (Å²) in [6, 6.07) is 1.65. The molecule has 0 unspecified atom stereocenters. The molecule has 1 heterocycles. The first-order chi connectivity index (χ1) is 7.08. The third-order valence-corrected chi connectivity index (χ3v) is 1.91. The second kappa shape index (κ2) is 5.56. The van der Waals surface area contributed by atoms with Gasteiger partial charge >= 0.3 is 0 Å². The topological polar surface area (TPSA) is 63.8 Å². The van der Waals surface area contributed by atoms with Gasteiger partial charge in [-0.3, -0.25) is 0 Å². The molecule has 5 heteroatoms. The van der Waals surface area contributed by atoms with Gasteiger partial charge in [0.15, 0.2) is 0 Å². The van der Waals surface area contributed by atoms with E-state index in [1.165, 1.54) is 5.57 Å². The van der Waals surface area contributed by atoms with Crippen molar-refractivity contribution in [2.75, 3.05) is 17.6 Å². The second-order valence-corrected chi connectivity index (χ2v) is 3.82. The molecule has 3 N–H and O–H groups in total. The molecule has 0 saturated carbocycles. The fourth-order valence-corrected chi connectivity index (χ4v) is 1.28. The van der Waals surface area contributed by atoms with Crippen molar-refractivity contribution in [3.63, 3.8) is 0 Å². The highest BCUT2D eigenvalue weighted by atomic mass is 35.5. The average molecular weight is 227 g/mol. The van der Waals surface area contributed by atoms with E-state index in [9.17, 15) is 0 Å². The molecule has 0 radical (unpaired) electrons. The molecule has 1 rings (SSSR count). The summed E-state index contributed by atoms with van der Waals surface area (Å²) in [5.74, 6) is 0.849. The fraction of sp³-hybridized carbons (Fsp3) is 0.400. The first-order valence-corrected chi connectivity index (χ1v) is 5.13. The van der Waals surface area contributed by atoms with Crippen molar-refractivity contribution in [1.82, 2.24) is 9.97 Å². The molecule has 4 nitrogen and oxygen atoms in total. The molecule has 1 aromatic rings. The minimum Gasteiger partial charge on any atom is -0.370 e. The number of hydrogen-bond donors (Lipinski definition) is 2. The van der Waals surface area contributed by atoms with Gasteiger partial charge in [0.25, 0.3) is 0 Å². The number of nitrogen functional groups attached to an aromatic ring is 1. The number of nitrogens with two attached hydrogens (primary N) is 1. The number of aromatic nitrogens is 2. The molecule has 0 aromatic carbocycles. The van der Waals surface area contributed by atoms with Crippen LogP contribution in [0.25, 0.3) is 0 Å². The third-order valence-electron chi connectivity index (χ3n) is 1.72. The van der Waals surface area contributed by atoms with Gasteiger partial charge in [0.1, 0.15) is 11.0 Å². The van der Waals surface area contributed by atoms with Gasteiger partial charge in [-0.1, -0.05) is 23.3 Å². The number of rotatable bonds is 4. The van der Waals surface area contributed by atoms with E-state index in [2.05, 4.69) is 35.2 Å². The zero-order valence-corrected chi connectivity index (χ0v) is 9.67. The average Bonchev–Trinajstić information content (AvgIpc) is 2.10. The first kappa shape index (κ1) is 11.8. The normalized spacial score (nSPS) is 9.80.